The highest BCUT2D eigenvalue weighted by atomic mass is 32.2. The molecule has 0 spiro atoms. The third kappa shape index (κ3) is 3.88. The van der Waals surface area contributed by atoms with Crippen LogP contribution in [0.5, 0.6) is 0 Å². The Morgan fingerprint density at radius 2 is 2.43 bits per heavy atom. The topological polar surface area (TPSA) is 49.3 Å². The molecule has 1 fully saturated rings. The minimum absolute atomic E-state index is 0.0746. The highest BCUT2D eigenvalue weighted by Crippen LogP contribution is 2.36. The van der Waals surface area contributed by atoms with E-state index in [1.165, 1.54) is 18.6 Å². The van der Waals surface area contributed by atoms with Crippen LogP contribution in [0.3, 0.4) is 0 Å². The van der Waals surface area contributed by atoms with Gasteiger partial charge in [-0.3, -0.25) is 4.79 Å². The lowest BCUT2D eigenvalue weighted by molar-refractivity contribution is -0.137. The molecule has 82 valence electrons. The number of carboxylic acids is 1. The normalized spacial score (nSPS) is 29.0. The Labute approximate surface area is 89.6 Å². The van der Waals surface area contributed by atoms with E-state index < -0.39 is 5.97 Å². The molecular formula is C10H19NO2S. The molecule has 0 radical (unpaired) electrons. The molecule has 1 rings (SSSR count). The first kappa shape index (κ1) is 11.9. The molecule has 1 aliphatic rings. The van der Waals surface area contributed by atoms with Gasteiger partial charge in [0.05, 0.1) is 6.42 Å². The van der Waals surface area contributed by atoms with Crippen molar-refractivity contribution in [3.05, 3.63) is 0 Å². The van der Waals surface area contributed by atoms with Gasteiger partial charge in [-0.15, -0.1) is 0 Å². The molecule has 0 bridgehead atoms. The highest BCUT2D eigenvalue weighted by molar-refractivity contribution is 8.00. The number of aliphatic carboxylic acids is 1. The summed E-state index contributed by atoms with van der Waals surface area (Å²) in [5.74, 6) is 0.514. The summed E-state index contributed by atoms with van der Waals surface area (Å²) in [7, 11) is 0. The maximum absolute atomic E-state index is 10.4. The average Bonchev–Trinajstić information content (AvgIpc) is 2.49. The molecule has 2 N–H and O–H groups in total. The Kier molecular flexibility index (Phi) is 4.26. The lowest BCUT2D eigenvalue weighted by Crippen LogP contribution is -2.38. The Hall–Kier alpha value is -0.220. The summed E-state index contributed by atoms with van der Waals surface area (Å²) in [6.45, 7) is 5.11. The largest absolute Gasteiger partial charge is 0.481 e. The van der Waals surface area contributed by atoms with E-state index in [0.29, 0.717) is 4.75 Å². The van der Waals surface area contributed by atoms with Crippen LogP contribution in [-0.4, -0.2) is 34.2 Å². The fourth-order valence-corrected chi connectivity index (χ4v) is 2.96. The molecule has 0 saturated carbocycles. The first-order chi connectivity index (χ1) is 6.52. The zero-order valence-corrected chi connectivity index (χ0v) is 9.69. The van der Waals surface area contributed by atoms with E-state index in [-0.39, 0.29) is 12.5 Å². The molecule has 1 heterocycles. The van der Waals surface area contributed by atoms with Gasteiger partial charge < -0.3 is 10.4 Å². The number of nitrogens with one attached hydrogen (secondary N) is 1. The quantitative estimate of drug-likeness (QED) is 0.736. The predicted molar refractivity (Wildman–Crippen MR) is 59.8 cm³/mol. The van der Waals surface area contributed by atoms with Crippen LogP contribution in [0.25, 0.3) is 0 Å². The van der Waals surface area contributed by atoms with Gasteiger partial charge in [-0.2, -0.15) is 11.8 Å². The highest BCUT2D eigenvalue weighted by Gasteiger charge is 2.29. The average molecular weight is 217 g/mol. The zero-order chi connectivity index (χ0) is 10.6. The van der Waals surface area contributed by atoms with Crippen LogP contribution < -0.4 is 5.32 Å². The van der Waals surface area contributed by atoms with E-state index in [0.717, 1.165) is 6.54 Å². The van der Waals surface area contributed by atoms with Crippen LogP contribution in [0.1, 0.15) is 33.1 Å². The maximum Gasteiger partial charge on any atom is 0.304 e. The van der Waals surface area contributed by atoms with E-state index in [9.17, 15) is 4.79 Å². The van der Waals surface area contributed by atoms with E-state index in [1.807, 2.05) is 18.7 Å². The summed E-state index contributed by atoms with van der Waals surface area (Å²) < 4.78 is 0.326. The summed E-state index contributed by atoms with van der Waals surface area (Å²) in [4.78, 5) is 10.4. The molecule has 0 amide bonds. The molecule has 0 aromatic rings. The zero-order valence-electron chi connectivity index (χ0n) is 8.88. The molecule has 0 aromatic carbocycles. The minimum atomic E-state index is -0.728. The number of hydrogen-bond acceptors (Lipinski definition) is 3. The molecule has 14 heavy (non-hydrogen) atoms. The van der Waals surface area contributed by atoms with Crippen molar-refractivity contribution >= 4 is 17.7 Å². The Balaban J connectivity index is 2.22. The van der Waals surface area contributed by atoms with Gasteiger partial charge in [0.2, 0.25) is 0 Å². The van der Waals surface area contributed by atoms with Gasteiger partial charge in [0.25, 0.3) is 0 Å². The second kappa shape index (κ2) is 5.03. The monoisotopic (exact) mass is 217 g/mol. The first-order valence-electron chi connectivity index (χ1n) is 5.11. The molecule has 2 unspecified atom stereocenters. The lowest BCUT2D eigenvalue weighted by atomic mass is 10.1. The Morgan fingerprint density at radius 3 is 2.93 bits per heavy atom. The number of hydrogen-bond donors (Lipinski definition) is 2. The van der Waals surface area contributed by atoms with Gasteiger partial charge in [-0.25, -0.2) is 0 Å². The molecule has 1 saturated heterocycles. The molecule has 3 nitrogen and oxygen atoms in total. The van der Waals surface area contributed by atoms with E-state index in [1.54, 1.807) is 0 Å². The van der Waals surface area contributed by atoms with Gasteiger partial charge in [0.15, 0.2) is 0 Å². The number of carboxylic acid groups (broad SMARTS) is 1. The van der Waals surface area contributed by atoms with Crippen molar-refractivity contribution in [2.75, 3.05) is 12.3 Å². The summed E-state index contributed by atoms with van der Waals surface area (Å²) >= 11 is 2.00. The van der Waals surface area contributed by atoms with Crippen LogP contribution in [0.15, 0.2) is 0 Å². The van der Waals surface area contributed by atoms with Crippen molar-refractivity contribution in [1.82, 2.24) is 5.32 Å². The van der Waals surface area contributed by atoms with Gasteiger partial charge in [0.1, 0.15) is 0 Å². The van der Waals surface area contributed by atoms with Crippen molar-refractivity contribution in [3.8, 4) is 0 Å². The summed E-state index contributed by atoms with van der Waals surface area (Å²) in [6, 6.07) is 0.0746. The molecule has 1 aliphatic heterocycles. The second-order valence-corrected chi connectivity index (χ2v) is 5.96. The smallest absolute Gasteiger partial charge is 0.304 e. The van der Waals surface area contributed by atoms with Gasteiger partial charge in [0, 0.05) is 17.3 Å². The third-order valence-corrected chi connectivity index (χ3v) is 4.14. The van der Waals surface area contributed by atoms with E-state index >= 15 is 0 Å². The molecular weight excluding hydrogens is 198 g/mol. The van der Waals surface area contributed by atoms with Gasteiger partial charge in [-0.1, -0.05) is 0 Å². The molecule has 2 atom stereocenters. The van der Waals surface area contributed by atoms with Gasteiger partial charge in [-0.05, 0) is 32.4 Å². The molecule has 4 heteroatoms. The molecule has 0 aliphatic carbocycles. The first-order valence-corrected chi connectivity index (χ1v) is 6.09. The number of thioether (sulfide) groups is 1. The molecule has 0 aromatic heterocycles. The van der Waals surface area contributed by atoms with Crippen LogP contribution in [0.2, 0.25) is 0 Å². The minimum Gasteiger partial charge on any atom is -0.481 e. The maximum atomic E-state index is 10.4. The van der Waals surface area contributed by atoms with Crippen molar-refractivity contribution in [2.24, 2.45) is 0 Å². The number of rotatable bonds is 5. The summed E-state index contributed by atoms with van der Waals surface area (Å²) in [5, 5.41) is 11.9. The van der Waals surface area contributed by atoms with Gasteiger partial charge >= 0.3 is 5.97 Å². The SMILES string of the molecule is CC(CC(=O)O)NCC1(C)CCCS1. The second-order valence-electron chi connectivity index (χ2n) is 4.28. The van der Waals surface area contributed by atoms with Crippen molar-refractivity contribution in [3.63, 3.8) is 0 Å². The Morgan fingerprint density at radius 1 is 1.71 bits per heavy atom. The van der Waals surface area contributed by atoms with Crippen LogP contribution >= 0.6 is 11.8 Å². The third-order valence-electron chi connectivity index (χ3n) is 2.61. The Bertz CT molecular complexity index is 202. The van der Waals surface area contributed by atoms with Crippen molar-refractivity contribution in [2.45, 2.75) is 43.9 Å². The van der Waals surface area contributed by atoms with Crippen LogP contribution in [0.4, 0.5) is 0 Å². The van der Waals surface area contributed by atoms with Crippen LogP contribution in [-0.2, 0) is 4.79 Å². The number of carbonyl (C=O) groups is 1. The van der Waals surface area contributed by atoms with E-state index in [4.69, 9.17) is 5.11 Å². The van der Waals surface area contributed by atoms with E-state index in [2.05, 4.69) is 12.2 Å². The summed E-state index contributed by atoms with van der Waals surface area (Å²) in [5.41, 5.74) is 0. The fourth-order valence-electron chi connectivity index (χ4n) is 1.70. The van der Waals surface area contributed by atoms with Crippen molar-refractivity contribution in [1.29, 1.82) is 0 Å². The summed E-state index contributed by atoms with van der Waals surface area (Å²) in [6.07, 6.45) is 2.74. The lowest BCUT2D eigenvalue weighted by Gasteiger charge is -2.25. The fraction of sp³-hybridized carbons (Fsp3) is 0.900. The van der Waals surface area contributed by atoms with Crippen LogP contribution in [0, 0.1) is 0 Å². The standard InChI is InChI=1S/C10H19NO2S/c1-8(6-9(12)13)11-7-10(2)4-3-5-14-10/h8,11H,3-7H2,1-2H3,(H,12,13). The predicted octanol–water partition coefficient (Wildman–Crippen LogP) is 1.72. The van der Waals surface area contributed by atoms with Crippen molar-refractivity contribution < 1.29 is 9.90 Å².